The lowest BCUT2D eigenvalue weighted by molar-refractivity contribution is -0.384. The van der Waals surface area contributed by atoms with Crippen LogP contribution < -0.4 is 11.1 Å². The SMILES string of the molecule is CN(C)C(=O)c1ccc([N+](=O)[O-])c(NC2CCCC2N)c1. The molecule has 3 N–H and O–H groups in total. The first-order chi connectivity index (χ1) is 9.90. The number of nitro benzene ring substituents is 1. The van der Waals surface area contributed by atoms with E-state index in [4.69, 9.17) is 5.73 Å². The van der Waals surface area contributed by atoms with E-state index in [-0.39, 0.29) is 23.7 Å². The van der Waals surface area contributed by atoms with E-state index >= 15 is 0 Å². The number of nitro groups is 1. The maximum absolute atomic E-state index is 12.0. The predicted molar refractivity (Wildman–Crippen MR) is 80.4 cm³/mol. The van der Waals surface area contributed by atoms with Crippen molar-refractivity contribution in [3.05, 3.63) is 33.9 Å². The number of carbonyl (C=O) groups excluding carboxylic acids is 1. The normalized spacial score (nSPS) is 21.1. The first kappa shape index (κ1) is 15.2. The molecule has 1 aromatic carbocycles. The van der Waals surface area contributed by atoms with Crippen LogP contribution >= 0.6 is 0 Å². The number of nitrogens with zero attached hydrogens (tertiary/aromatic N) is 2. The number of carbonyl (C=O) groups is 1. The Hall–Kier alpha value is -2.15. The summed E-state index contributed by atoms with van der Waals surface area (Å²) in [5, 5.41) is 14.3. The van der Waals surface area contributed by atoms with Gasteiger partial charge in [0.15, 0.2) is 0 Å². The predicted octanol–water partition coefficient (Wildman–Crippen LogP) is 1.59. The standard InChI is InChI=1S/C14H20N4O3/c1-17(2)14(19)9-6-7-13(18(20)21)12(8-9)16-11-5-3-4-10(11)15/h6-8,10-11,16H,3-5,15H2,1-2H3. The van der Waals surface area contributed by atoms with Gasteiger partial charge in [-0.25, -0.2) is 0 Å². The van der Waals surface area contributed by atoms with Crippen LogP contribution in [0.3, 0.4) is 0 Å². The molecule has 0 aromatic heterocycles. The third-order valence-electron chi connectivity index (χ3n) is 3.76. The van der Waals surface area contributed by atoms with Crippen LogP contribution in [0, 0.1) is 10.1 Å². The van der Waals surface area contributed by atoms with Gasteiger partial charge in [-0.3, -0.25) is 14.9 Å². The Kier molecular flexibility index (Phi) is 4.42. The fourth-order valence-electron chi connectivity index (χ4n) is 2.57. The van der Waals surface area contributed by atoms with Gasteiger partial charge in [0, 0.05) is 37.8 Å². The van der Waals surface area contributed by atoms with Crippen molar-refractivity contribution in [2.75, 3.05) is 19.4 Å². The second-order valence-corrected chi connectivity index (χ2v) is 5.53. The van der Waals surface area contributed by atoms with Crippen LogP contribution in [-0.2, 0) is 0 Å². The monoisotopic (exact) mass is 292 g/mol. The molecule has 1 aliphatic carbocycles. The highest BCUT2D eigenvalue weighted by Gasteiger charge is 2.26. The maximum atomic E-state index is 12.0. The number of rotatable bonds is 4. The summed E-state index contributed by atoms with van der Waals surface area (Å²) in [5.74, 6) is -0.191. The summed E-state index contributed by atoms with van der Waals surface area (Å²) < 4.78 is 0. The summed E-state index contributed by atoms with van der Waals surface area (Å²) >= 11 is 0. The van der Waals surface area contributed by atoms with E-state index in [0.717, 1.165) is 19.3 Å². The van der Waals surface area contributed by atoms with Gasteiger partial charge in [-0.1, -0.05) is 0 Å². The van der Waals surface area contributed by atoms with Gasteiger partial charge in [-0.2, -0.15) is 0 Å². The van der Waals surface area contributed by atoms with E-state index in [1.54, 1.807) is 14.1 Å². The number of amides is 1. The number of nitrogens with one attached hydrogen (secondary N) is 1. The van der Waals surface area contributed by atoms with Crippen LogP contribution in [0.25, 0.3) is 0 Å². The molecule has 1 aliphatic rings. The molecule has 7 nitrogen and oxygen atoms in total. The zero-order valence-corrected chi connectivity index (χ0v) is 12.2. The molecule has 0 saturated heterocycles. The average Bonchev–Trinajstić information content (AvgIpc) is 2.83. The molecule has 0 heterocycles. The molecule has 1 aromatic rings. The van der Waals surface area contributed by atoms with Crippen molar-refractivity contribution in [3.63, 3.8) is 0 Å². The minimum atomic E-state index is -0.452. The molecule has 0 aliphatic heterocycles. The van der Waals surface area contributed by atoms with Crippen molar-refractivity contribution in [2.24, 2.45) is 5.73 Å². The molecule has 7 heteroatoms. The number of anilines is 1. The zero-order valence-electron chi connectivity index (χ0n) is 12.2. The third kappa shape index (κ3) is 3.30. The van der Waals surface area contributed by atoms with E-state index in [1.165, 1.54) is 23.1 Å². The van der Waals surface area contributed by atoms with Gasteiger partial charge in [-0.15, -0.1) is 0 Å². The van der Waals surface area contributed by atoms with Gasteiger partial charge in [-0.05, 0) is 31.4 Å². The summed E-state index contributed by atoms with van der Waals surface area (Å²) in [6, 6.07) is 4.36. The van der Waals surface area contributed by atoms with Crippen molar-refractivity contribution >= 4 is 17.3 Å². The quantitative estimate of drug-likeness (QED) is 0.648. The maximum Gasteiger partial charge on any atom is 0.292 e. The molecule has 1 fully saturated rings. The Morgan fingerprint density at radius 2 is 2.14 bits per heavy atom. The topological polar surface area (TPSA) is 102 Å². The molecule has 2 unspecified atom stereocenters. The van der Waals surface area contributed by atoms with Gasteiger partial charge >= 0.3 is 0 Å². The van der Waals surface area contributed by atoms with E-state index < -0.39 is 4.92 Å². The van der Waals surface area contributed by atoms with E-state index in [0.29, 0.717) is 11.3 Å². The Labute approximate surface area is 123 Å². The van der Waals surface area contributed by atoms with Crippen LogP contribution in [0.1, 0.15) is 29.6 Å². The summed E-state index contributed by atoms with van der Waals surface area (Å²) in [6.07, 6.45) is 2.79. The number of nitrogens with two attached hydrogens (primary N) is 1. The number of hydrogen-bond donors (Lipinski definition) is 2. The molecule has 1 saturated carbocycles. The highest BCUT2D eigenvalue weighted by molar-refractivity contribution is 5.95. The van der Waals surface area contributed by atoms with Gasteiger partial charge < -0.3 is 16.0 Å². The Morgan fingerprint density at radius 3 is 2.67 bits per heavy atom. The summed E-state index contributed by atoms with van der Waals surface area (Å²) in [4.78, 5) is 24.1. The Bertz CT molecular complexity index is 559. The summed E-state index contributed by atoms with van der Waals surface area (Å²) in [6.45, 7) is 0. The molecule has 114 valence electrons. The number of hydrogen-bond acceptors (Lipinski definition) is 5. The van der Waals surface area contributed by atoms with Crippen molar-refractivity contribution in [1.82, 2.24) is 4.90 Å². The van der Waals surface area contributed by atoms with Crippen LogP contribution in [0.4, 0.5) is 11.4 Å². The Balaban J connectivity index is 2.33. The molecule has 0 spiro atoms. The van der Waals surface area contributed by atoms with E-state index in [2.05, 4.69) is 5.32 Å². The lowest BCUT2D eigenvalue weighted by Gasteiger charge is -2.19. The molecule has 21 heavy (non-hydrogen) atoms. The van der Waals surface area contributed by atoms with Crippen molar-refractivity contribution < 1.29 is 9.72 Å². The summed E-state index contributed by atoms with van der Waals surface area (Å²) in [5.41, 5.74) is 6.73. The van der Waals surface area contributed by atoms with E-state index in [1.807, 2.05) is 0 Å². The smallest absolute Gasteiger partial charge is 0.292 e. The zero-order chi connectivity index (χ0) is 15.6. The molecule has 2 atom stereocenters. The van der Waals surface area contributed by atoms with Gasteiger partial charge in [0.1, 0.15) is 5.69 Å². The minimum Gasteiger partial charge on any atom is -0.375 e. The number of benzene rings is 1. The fraction of sp³-hybridized carbons (Fsp3) is 0.500. The molecule has 2 rings (SSSR count). The molecular formula is C14H20N4O3. The molecule has 0 bridgehead atoms. The van der Waals surface area contributed by atoms with Crippen LogP contribution in [0.2, 0.25) is 0 Å². The average molecular weight is 292 g/mol. The van der Waals surface area contributed by atoms with Crippen molar-refractivity contribution in [3.8, 4) is 0 Å². The first-order valence-corrected chi connectivity index (χ1v) is 6.92. The van der Waals surface area contributed by atoms with Crippen LogP contribution in [0.5, 0.6) is 0 Å². The lowest BCUT2D eigenvalue weighted by atomic mass is 10.1. The van der Waals surface area contributed by atoms with Crippen molar-refractivity contribution in [2.45, 2.75) is 31.3 Å². The molecule has 0 radical (unpaired) electrons. The first-order valence-electron chi connectivity index (χ1n) is 6.92. The second kappa shape index (κ2) is 6.09. The third-order valence-corrected chi connectivity index (χ3v) is 3.76. The largest absolute Gasteiger partial charge is 0.375 e. The lowest BCUT2D eigenvalue weighted by Crippen LogP contribution is -2.35. The van der Waals surface area contributed by atoms with Gasteiger partial charge in [0.05, 0.1) is 4.92 Å². The van der Waals surface area contributed by atoms with Gasteiger partial charge in [0.25, 0.3) is 11.6 Å². The minimum absolute atomic E-state index is 0.00779. The highest BCUT2D eigenvalue weighted by atomic mass is 16.6. The highest BCUT2D eigenvalue weighted by Crippen LogP contribution is 2.29. The Morgan fingerprint density at radius 1 is 1.43 bits per heavy atom. The van der Waals surface area contributed by atoms with Crippen LogP contribution in [-0.4, -0.2) is 41.9 Å². The van der Waals surface area contributed by atoms with Gasteiger partial charge in [0.2, 0.25) is 0 Å². The fourth-order valence-corrected chi connectivity index (χ4v) is 2.57. The molecule has 1 amide bonds. The van der Waals surface area contributed by atoms with Crippen LogP contribution in [0.15, 0.2) is 18.2 Å². The van der Waals surface area contributed by atoms with E-state index in [9.17, 15) is 14.9 Å². The molecular weight excluding hydrogens is 272 g/mol. The summed E-state index contributed by atoms with van der Waals surface area (Å²) in [7, 11) is 3.29. The van der Waals surface area contributed by atoms with Crippen molar-refractivity contribution in [1.29, 1.82) is 0 Å². The second-order valence-electron chi connectivity index (χ2n) is 5.53.